The van der Waals surface area contributed by atoms with Gasteiger partial charge in [-0.1, -0.05) is 6.07 Å². The van der Waals surface area contributed by atoms with E-state index in [0.717, 1.165) is 24.8 Å². The zero-order valence-electron chi connectivity index (χ0n) is 8.22. The van der Waals surface area contributed by atoms with Crippen LogP contribution in [0.2, 0.25) is 0 Å². The number of hydrogen-bond donors (Lipinski definition) is 2. The Morgan fingerprint density at radius 1 is 1.13 bits per heavy atom. The van der Waals surface area contributed by atoms with Gasteiger partial charge in [-0.05, 0) is 48.9 Å². The van der Waals surface area contributed by atoms with E-state index < -0.39 is 7.82 Å². The van der Waals surface area contributed by atoms with E-state index in [9.17, 15) is 4.57 Å². The first-order valence-corrected chi connectivity index (χ1v) is 6.44. The fourth-order valence-corrected chi connectivity index (χ4v) is 2.29. The molecule has 82 valence electrons. The molecule has 0 spiro atoms. The van der Waals surface area contributed by atoms with Gasteiger partial charge in [-0.15, -0.1) is 0 Å². The Morgan fingerprint density at radius 3 is 2.47 bits per heavy atom. The predicted molar refractivity (Wildman–Crippen MR) is 55.8 cm³/mol. The van der Waals surface area contributed by atoms with Gasteiger partial charge in [0.1, 0.15) is 5.75 Å². The van der Waals surface area contributed by atoms with E-state index in [1.54, 1.807) is 12.1 Å². The maximum absolute atomic E-state index is 10.6. The lowest BCUT2D eigenvalue weighted by Crippen LogP contribution is -2.02. The molecular weight excluding hydrogens is 215 g/mol. The van der Waals surface area contributed by atoms with E-state index in [4.69, 9.17) is 9.79 Å². The van der Waals surface area contributed by atoms with Gasteiger partial charge in [0.05, 0.1) is 0 Å². The van der Waals surface area contributed by atoms with Gasteiger partial charge in [0.25, 0.3) is 0 Å². The number of phosphoric ester groups is 1. The third-order valence-electron chi connectivity index (χ3n) is 2.54. The highest BCUT2D eigenvalue weighted by Crippen LogP contribution is 2.38. The molecule has 0 saturated heterocycles. The Labute approximate surface area is 88.1 Å². The molecule has 0 radical (unpaired) electrons. The molecule has 5 heteroatoms. The van der Waals surface area contributed by atoms with Crippen molar-refractivity contribution in [2.75, 3.05) is 0 Å². The molecule has 4 nitrogen and oxygen atoms in total. The molecule has 1 aromatic carbocycles. The van der Waals surface area contributed by atoms with Crippen LogP contribution >= 0.6 is 7.82 Å². The summed E-state index contributed by atoms with van der Waals surface area (Å²) in [7, 11) is -4.42. The first-order valence-electron chi connectivity index (χ1n) is 4.91. The third kappa shape index (κ3) is 2.81. The van der Waals surface area contributed by atoms with Crippen molar-refractivity contribution in [3.05, 3.63) is 29.3 Å². The number of hydrogen-bond acceptors (Lipinski definition) is 2. The van der Waals surface area contributed by atoms with Crippen LogP contribution in [0.15, 0.2) is 18.2 Å². The molecule has 2 N–H and O–H groups in total. The third-order valence-corrected chi connectivity index (χ3v) is 2.99. The number of benzene rings is 1. The van der Waals surface area contributed by atoms with Crippen LogP contribution in [-0.4, -0.2) is 9.79 Å². The molecule has 0 aliphatic heterocycles. The summed E-state index contributed by atoms with van der Waals surface area (Å²) in [4.78, 5) is 17.3. The maximum Gasteiger partial charge on any atom is 0.524 e. The van der Waals surface area contributed by atoms with Crippen molar-refractivity contribution in [2.24, 2.45) is 0 Å². The molecule has 0 atom stereocenters. The van der Waals surface area contributed by atoms with E-state index in [1.165, 1.54) is 12.0 Å². The van der Waals surface area contributed by atoms with Gasteiger partial charge in [-0.2, -0.15) is 0 Å². The number of phosphoric acid groups is 1. The first kappa shape index (κ1) is 10.7. The normalized spacial score (nSPS) is 15.9. The summed E-state index contributed by atoms with van der Waals surface area (Å²) in [5.41, 5.74) is 2.41. The van der Waals surface area contributed by atoms with Gasteiger partial charge in [0.15, 0.2) is 0 Å². The summed E-state index contributed by atoms with van der Waals surface area (Å²) in [6.07, 6.45) is 4.33. The van der Waals surface area contributed by atoms with Crippen LogP contribution in [0.1, 0.15) is 24.0 Å². The monoisotopic (exact) mass is 228 g/mol. The van der Waals surface area contributed by atoms with Gasteiger partial charge in [-0.25, -0.2) is 4.57 Å². The lowest BCUT2D eigenvalue weighted by molar-refractivity contribution is 0.283. The average molecular weight is 228 g/mol. The van der Waals surface area contributed by atoms with Gasteiger partial charge in [0, 0.05) is 0 Å². The van der Waals surface area contributed by atoms with Crippen molar-refractivity contribution >= 4 is 7.82 Å². The van der Waals surface area contributed by atoms with E-state index in [0.29, 0.717) is 0 Å². The van der Waals surface area contributed by atoms with Crippen molar-refractivity contribution in [1.29, 1.82) is 0 Å². The summed E-state index contributed by atoms with van der Waals surface area (Å²) in [6.45, 7) is 0. The van der Waals surface area contributed by atoms with Gasteiger partial charge < -0.3 is 4.52 Å². The van der Waals surface area contributed by atoms with Gasteiger partial charge >= 0.3 is 7.82 Å². The molecule has 0 unspecified atom stereocenters. The van der Waals surface area contributed by atoms with Crippen LogP contribution in [0, 0.1) is 0 Å². The van der Waals surface area contributed by atoms with E-state index in [1.807, 2.05) is 6.07 Å². The molecule has 15 heavy (non-hydrogen) atoms. The molecule has 1 aliphatic rings. The van der Waals surface area contributed by atoms with Crippen molar-refractivity contribution < 1.29 is 18.9 Å². The zero-order valence-corrected chi connectivity index (χ0v) is 9.11. The standard InChI is InChI=1S/C10H13O4P/c11-15(12,13)14-10-6-5-8-3-1-2-4-9(8)7-10/h5-7H,1-4H2,(H2,11,12,13). The van der Waals surface area contributed by atoms with Crippen LogP contribution in [-0.2, 0) is 17.4 Å². The maximum atomic E-state index is 10.6. The fraction of sp³-hybridized carbons (Fsp3) is 0.400. The smallest absolute Gasteiger partial charge is 0.404 e. The Morgan fingerprint density at radius 2 is 1.80 bits per heavy atom. The minimum Gasteiger partial charge on any atom is -0.404 e. The van der Waals surface area contributed by atoms with E-state index >= 15 is 0 Å². The molecule has 0 bridgehead atoms. The minimum absolute atomic E-state index is 0.254. The Kier molecular flexibility index (Phi) is 2.83. The van der Waals surface area contributed by atoms with E-state index in [2.05, 4.69) is 4.52 Å². The molecule has 0 aromatic heterocycles. The lowest BCUT2D eigenvalue weighted by Gasteiger charge is -2.16. The molecule has 0 amide bonds. The molecule has 2 rings (SSSR count). The largest absolute Gasteiger partial charge is 0.524 e. The van der Waals surface area contributed by atoms with Crippen LogP contribution in [0.3, 0.4) is 0 Å². The molecule has 0 saturated carbocycles. The SMILES string of the molecule is O=P(O)(O)Oc1ccc2c(c1)CCCC2. The topological polar surface area (TPSA) is 66.8 Å². The van der Waals surface area contributed by atoms with Gasteiger partial charge in [0.2, 0.25) is 0 Å². The van der Waals surface area contributed by atoms with E-state index in [-0.39, 0.29) is 5.75 Å². The summed E-state index contributed by atoms with van der Waals surface area (Å²) < 4.78 is 15.2. The highest BCUT2D eigenvalue weighted by atomic mass is 31.2. The van der Waals surface area contributed by atoms with Crippen molar-refractivity contribution in [2.45, 2.75) is 25.7 Å². The molecule has 1 aromatic rings. The second-order valence-electron chi connectivity index (χ2n) is 3.72. The quantitative estimate of drug-likeness (QED) is 0.760. The Bertz CT molecular complexity index is 410. The van der Waals surface area contributed by atoms with Gasteiger partial charge in [-0.3, -0.25) is 9.79 Å². The molecule has 1 aliphatic carbocycles. The molecular formula is C10H13O4P. The second kappa shape index (κ2) is 3.97. The Hall–Kier alpha value is -0.830. The predicted octanol–water partition coefficient (Wildman–Crippen LogP) is 2.04. The minimum atomic E-state index is -4.42. The highest BCUT2D eigenvalue weighted by Gasteiger charge is 2.17. The molecule has 0 fully saturated rings. The van der Waals surface area contributed by atoms with Crippen LogP contribution < -0.4 is 4.52 Å². The van der Waals surface area contributed by atoms with Crippen LogP contribution in [0.5, 0.6) is 5.75 Å². The zero-order chi connectivity index (χ0) is 10.9. The first-order chi connectivity index (χ1) is 7.04. The Balaban J connectivity index is 2.24. The van der Waals surface area contributed by atoms with Crippen LogP contribution in [0.25, 0.3) is 0 Å². The fourth-order valence-electron chi connectivity index (χ4n) is 1.90. The highest BCUT2D eigenvalue weighted by molar-refractivity contribution is 7.46. The van der Waals surface area contributed by atoms with Crippen molar-refractivity contribution in [3.63, 3.8) is 0 Å². The van der Waals surface area contributed by atoms with Crippen molar-refractivity contribution in [3.8, 4) is 5.75 Å². The van der Waals surface area contributed by atoms with Crippen LogP contribution in [0.4, 0.5) is 0 Å². The second-order valence-corrected chi connectivity index (χ2v) is 4.88. The number of rotatable bonds is 2. The number of aryl methyl sites for hydroxylation is 2. The summed E-state index contributed by atoms with van der Waals surface area (Å²) in [5, 5.41) is 0. The summed E-state index contributed by atoms with van der Waals surface area (Å²) >= 11 is 0. The van der Waals surface area contributed by atoms with Crippen molar-refractivity contribution in [1.82, 2.24) is 0 Å². The summed E-state index contributed by atoms with van der Waals surface area (Å²) in [6, 6.07) is 5.23. The summed E-state index contributed by atoms with van der Waals surface area (Å²) in [5.74, 6) is 0.254. The lowest BCUT2D eigenvalue weighted by atomic mass is 9.92. The number of fused-ring (bicyclic) bond motifs is 1. The molecule has 0 heterocycles. The average Bonchev–Trinajstić information content (AvgIpc) is 2.15.